The fraction of sp³-hybridized carbons (Fsp3) is 0.714. The average Bonchev–Trinajstić information content (AvgIpc) is 3.14. The number of nitrogens with one attached hydrogen (secondary N) is 1. The Hall–Kier alpha value is -1.82. The summed E-state index contributed by atoms with van der Waals surface area (Å²) in [6, 6.07) is 0. The van der Waals surface area contributed by atoms with Crippen molar-refractivity contribution in [2.75, 3.05) is 13.2 Å². The Balaban J connectivity index is 1.41. The summed E-state index contributed by atoms with van der Waals surface area (Å²) in [5, 5.41) is 1.69. The van der Waals surface area contributed by atoms with E-state index in [1.54, 1.807) is 0 Å². The lowest BCUT2D eigenvalue weighted by Gasteiger charge is -2.24. The molecule has 2 aliphatic carbocycles. The van der Waals surface area contributed by atoms with E-state index in [0.717, 1.165) is 0 Å². The van der Waals surface area contributed by atoms with Crippen LogP contribution in [0.3, 0.4) is 0 Å². The topological polar surface area (TPSA) is 108 Å². The quantitative estimate of drug-likeness (QED) is 0.316. The highest BCUT2D eigenvalue weighted by Gasteiger charge is 2.65. The maximum atomic E-state index is 12.2. The van der Waals surface area contributed by atoms with Crippen molar-refractivity contribution in [2.24, 2.45) is 11.8 Å². The first kappa shape index (κ1) is 19.0. The van der Waals surface area contributed by atoms with Gasteiger partial charge in [0.15, 0.2) is 0 Å². The highest BCUT2D eigenvalue weighted by atomic mass is 32.2. The summed E-state index contributed by atoms with van der Waals surface area (Å²) in [6.07, 6.45) is -6.19. The van der Waals surface area contributed by atoms with E-state index in [9.17, 15) is 31.2 Å². The van der Waals surface area contributed by atoms with Crippen molar-refractivity contribution in [3.05, 3.63) is 12.2 Å². The summed E-state index contributed by atoms with van der Waals surface area (Å²) in [5.41, 5.74) is -1.64. The Morgan fingerprint density at radius 2 is 1.96 bits per heavy atom. The van der Waals surface area contributed by atoms with Crippen molar-refractivity contribution in [3.8, 4) is 0 Å². The predicted octanol–water partition coefficient (Wildman–Crippen LogP) is 0.880. The lowest BCUT2D eigenvalue weighted by molar-refractivity contribution is -0.150. The SMILES string of the molecule is C=C(C(=O)OCCNC(=O)OC1C2CC3C1OS(=O)(=O)C3C2)C(F)(F)F. The minimum absolute atomic E-state index is 0.106. The van der Waals surface area contributed by atoms with Crippen molar-refractivity contribution >= 4 is 22.2 Å². The van der Waals surface area contributed by atoms with E-state index >= 15 is 0 Å². The summed E-state index contributed by atoms with van der Waals surface area (Å²) in [5.74, 6) is -1.92. The van der Waals surface area contributed by atoms with Crippen molar-refractivity contribution in [3.63, 3.8) is 0 Å². The van der Waals surface area contributed by atoms with Crippen LogP contribution in [0.2, 0.25) is 0 Å². The molecule has 0 aromatic rings. The molecule has 3 aliphatic rings. The number of alkyl carbamates (subject to hydrolysis) is 1. The monoisotopic (exact) mass is 399 g/mol. The molecule has 1 saturated heterocycles. The smallest absolute Gasteiger partial charge is 0.422 e. The highest BCUT2D eigenvalue weighted by Crippen LogP contribution is 2.55. The van der Waals surface area contributed by atoms with Crippen molar-refractivity contribution in [1.82, 2.24) is 5.32 Å². The van der Waals surface area contributed by atoms with Gasteiger partial charge in [-0.2, -0.15) is 21.6 Å². The number of carbonyl (C=O) groups is 2. The number of halogens is 3. The summed E-state index contributed by atoms with van der Waals surface area (Å²) in [7, 11) is -3.62. The summed E-state index contributed by atoms with van der Waals surface area (Å²) in [4.78, 5) is 22.9. The van der Waals surface area contributed by atoms with E-state index in [1.165, 1.54) is 0 Å². The van der Waals surface area contributed by atoms with Crippen LogP contribution >= 0.6 is 0 Å². The normalized spacial score (nSPS) is 33.7. The molecule has 12 heteroatoms. The van der Waals surface area contributed by atoms with Crippen LogP contribution in [0.15, 0.2) is 12.2 Å². The molecule has 2 saturated carbocycles. The van der Waals surface area contributed by atoms with Gasteiger partial charge >= 0.3 is 18.2 Å². The average molecular weight is 399 g/mol. The fourth-order valence-corrected chi connectivity index (χ4v) is 5.59. The molecular weight excluding hydrogens is 383 g/mol. The number of rotatable bonds is 5. The third kappa shape index (κ3) is 3.39. The zero-order valence-corrected chi connectivity index (χ0v) is 14.1. The van der Waals surface area contributed by atoms with Gasteiger partial charge in [0.2, 0.25) is 0 Å². The van der Waals surface area contributed by atoms with Crippen LogP contribution in [0.5, 0.6) is 0 Å². The minimum Gasteiger partial charge on any atom is -0.460 e. The largest absolute Gasteiger partial charge is 0.460 e. The Kier molecular flexibility index (Phi) is 4.67. The van der Waals surface area contributed by atoms with Gasteiger partial charge in [0.1, 0.15) is 24.4 Å². The summed E-state index contributed by atoms with van der Waals surface area (Å²) < 4.78 is 74.8. The maximum Gasteiger partial charge on any atom is 0.422 e. The molecule has 3 rings (SSSR count). The first-order chi connectivity index (χ1) is 12.0. The van der Waals surface area contributed by atoms with Crippen molar-refractivity contribution < 1.29 is 44.8 Å². The molecule has 1 amide bonds. The highest BCUT2D eigenvalue weighted by molar-refractivity contribution is 7.87. The predicted molar refractivity (Wildman–Crippen MR) is 78.2 cm³/mol. The standard InChI is InChI=1S/C14H16F3NO7S/c1-6(14(15,16)17)12(19)23-3-2-18-13(20)24-10-7-4-8-9(5-7)26(21,22)25-11(8)10/h7-11H,1-5H2,(H,18,20). The van der Waals surface area contributed by atoms with E-state index in [4.69, 9.17) is 8.92 Å². The molecule has 8 nitrogen and oxygen atoms in total. The van der Waals surface area contributed by atoms with Gasteiger partial charge in [0, 0.05) is 11.8 Å². The molecule has 5 atom stereocenters. The van der Waals surface area contributed by atoms with Crippen LogP contribution in [0.1, 0.15) is 12.8 Å². The number of hydrogen-bond acceptors (Lipinski definition) is 7. The van der Waals surface area contributed by atoms with Gasteiger partial charge in [-0.15, -0.1) is 0 Å². The molecule has 2 bridgehead atoms. The number of carbonyl (C=O) groups excluding carboxylic acids is 2. The third-order valence-electron chi connectivity index (χ3n) is 4.85. The molecular formula is C14H16F3NO7S. The molecule has 3 fully saturated rings. The Morgan fingerprint density at radius 3 is 2.62 bits per heavy atom. The first-order valence-electron chi connectivity index (χ1n) is 7.80. The Morgan fingerprint density at radius 1 is 1.27 bits per heavy atom. The molecule has 0 spiro atoms. The molecule has 1 heterocycles. The fourth-order valence-electron chi connectivity index (χ4n) is 3.71. The van der Waals surface area contributed by atoms with Crippen molar-refractivity contribution in [2.45, 2.75) is 36.5 Å². The number of esters is 1. The second kappa shape index (κ2) is 6.41. The second-order valence-corrected chi connectivity index (χ2v) is 8.18. The van der Waals surface area contributed by atoms with Crippen LogP contribution < -0.4 is 5.32 Å². The first-order valence-corrected chi connectivity index (χ1v) is 9.27. The van der Waals surface area contributed by atoms with E-state index in [1.807, 2.05) is 0 Å². The lowest BCUT2D eigenvalue weighted by atomic mass is 9.94. The number of alkyl halides is 3. The van der Waals surface area contributed by atoms with Gasteiger partial charge in [0.25, 0.3) is 10.1 Å². The molecule has 0 aromatic heterocycles. The van der Waals surface area contributed by atoms with Crippen LogP contribution in [0.25, 0.3) is 0 Å². The van der Waals surface area contributed by atoms with Gasteiger partial charge in [-0.05, 0) is 12.8 Å². The van der Waals surface area contributed by atoms with Crippen LogP contribution in [-0.4, -0.2) is 57.3 Å². The van der Waals surface area contributed by atoms with Gasteiger partial charge in [0.05, 0.1) is 11.8 Å². The number of hydrogen-bond donors (Lipinski definition) is 1. The van der Waals surface area contributed by atoms with Gasteiger partial charge < -0.3 is 14.8 Å². The summed E-state index contributed by atoms with van der Waals surface area (Å²) >= 11 is 0. The third-order valence-corrected chi connectivity index (χ3v) is 6.62. The van der Waals surface area contributed by atoms with Gasteiger partial charge in [-0.1, -0.05) is 6.58 Å². The van der Waals surface area contributed by atoms with E-state index in [2.05, 4.69) is 16.6 Å². The lowest BCUT2D eigenvalue weighted by Crippen LogP contribution is -2.40. The van der Waals surface area contributed by atoms with Gasteiger partial charge in [-0.3, -0.25) is 4.18 Å². The van der Waals surface area contributed by atoms with Crippen molar-refractivity contribution in [1.29, 1.82) is 0 Å². The maximum absolute atomic E-state index is 12.2. The number of fused-ring (bicyclic) bond motifs is 1. The molecule has 146 valence electrons. The van der Waals surface area contributed by atoms with E-state index < -0.39 is 58.0 Å². The zero-order chi connectivity index (χ0) is 19.3. The molecule has 5 unspecified atom stereocenters. The van der Waals surface area contributed by atoms with Crippen LogP contribution in [-0.2, 0) is 28.6 Å². The Bertz CT molecular complexity index is 735. The molecule has 1 N–H and O–H groups in total. The van der Waals surface area contributed by atoms with Crippen LogP contribution in [0.4, 0.5) is 18.0 Å². The number of ether oxygens (including phenoxy) is 2. The molecule has 1 aliphatic heterocycles. The van der Waals surface area contributed by atoms with Gasteiger partial charge in [-0.25, -0.2) is 9.59 Å². The molecule has 0 aromatic carbocycles. The molecule has 26 heavy (non-hydrogen) atoms. The minimum atomic E-state index is -4.88. The second-order valence-electron chi connectivity index (χ2n) is 6.40. The zero-order valence-electron chi connectivity index (χ0n) is 13.3. The molecule has 0 radical (unpaired) electrons. The van der Waals surface area contributed by atoms with E-state index in [0.29, 0.717) is 12.8 Å². The number of amides is 1. The van der Waals surface area contributed by atoms with Crippen LogP contribution in [0, 0.1) is 11.8 Å². The Labute approximate surface area is 146 Å². The van der Waals surface area contributed by atoms with E-state index in [-0.39, 0.29) is 18.4 Å². The summed E-state index contributed by atoms with van der Waals surface area (Å²) in [6.45, 7) is 1.81.